The lowest BCUT2D eigenvalue weighted by atomic mass is 10.0. The molecule has 0 aliphatic carbocycles. The van der Waals surface area contributed by atoms with Gasteiger partial charge in [0.15, 0.2) is 0 Å². The van der Waals surface area contributed by atoms with Gasteiger partial charge in [0.2, 0.25) is 0 Å². The van der Waals surface area contributed by atoms with E-state index in [9.17, 15) is 4.79 Å². The SMILES string of the molecule is CCOC(=O)[C@@H](C)[C@@H](C)NCc1cnc2c(C)cccn12. The van der Waals surface area contributed by atoms with Crippen molar-refractivity contribution in [2.75, 3.05) is 6.61 Å². The summed E-state index contributed by atoms with van der Waals surface area (Å²) in [6, 6.07) is 4.10. The zero-order valence-electron chi connectivity index (χ0n) is 13.1. The zero-order valence-corrected chi connectivity index (χ0v) is 13.1. The van der Waals surface area contributed by atoms with E-state index in [-0.39, 0.29) is 17.9 Å². The van der Waals surface area contributed by atoms with Crippen LogP contribution in [-0.4, -0.2) is 28.0 Å². The number of rotatable bonds is 6. The molecule has 0 aliphatic rings. The summed E-state index contributed by atoms with van der Waals surface area (Å²) in [5, 5.41) is 3.37. The Balaban J connectivity index is 2.01. The van der Waals surface area contributed by atoms with Crippen molar-refractivity contribution in [2.24, 2.45) is 5.92 Å². The predicted octanol–water partition coefficient (Wildman–Crippen LogP) is 2.32. The standard InChI is InChI=1S/C16H23N3O2/c1-5-21-16(20)12(3)13(4)17-9-14-10-18-15-11(2)7-6-8-19(14)15/h6-8,10,12-13,17H,5,9H2,1-4H3/t12-,13+/m0/s1. The molecule has 0 radical (unpaired) electrons. The monoisotopic (exact) mass is 289 g/mol. The second-order valence-electron chi connectivity index (χ2n) is 5.34. The highest BCUT2D eigenvalue weighted by Gasteiger charge is 2.21. The fraction of sp³-hybridized carbons (Fsp3) is 0.500. The molecule has 21 heavy (non-hydrogen) atoms. The summed E-state index contributed by atoms with van der Waals surface area (Å²) in [7, 11) is 0. The Labute approximate surface area is 125 Å². The van der Waals surface area contributed by atoms with E-state index in [1.807, 2.05) is 52.2 Å². The van der Waals surface area contributed by atoms with Crippen LogP contribution < -0.4 is 5.32 Å². The van der Waals surface area contributed by atoms with E-state index < -0.39 is 0 Å². The van der Waals surface area contributed by atoms with E-state index in [4.69, 9.17) is 4.74 Å². The number of carbonyl (C=O) groups is 1. The van der Waals surface area contributed by atoms with Gasteiger partial charge in [0.25, 0.3) is 0 Å². The third-order valence-corrected chi connectivity index (χ3v) is 3.82. The van der Waals surface area contributed by atoms with E-state index in [0.717, 1.165) is 16.9 Å². The van der Waals surface area contributed by atoms with Crippen LogP contribution in [0.2, 0.25) is 0 Å². The molecule has 114 valence electrons. The summed E-state index contributed by atoms with van der Waals surface area (Å²) in [6.07, 6.45) is 3.88. The van der Waals surface area contributed by atoms with Crippen LogP contribution in [0.5, 0.6) is 0 Å². The molecule has 2 rings (SSSR count). The van der Waals surface area contributed by atoms with Gasteiger partial charge in [-0.3, -0.25) is 4.79 Å². The molecule has 2 aromatic rings. The number of nitrogens with zero attached hydrogens (tertiary/aromatic N) is 2. The number of aryl methyl sites for hydroxylation is 1. The second-order valence-corrected chi connectivity index (χ2v) is 5.34. The molecule has 0 fully saturated rings. The highest BCUT2D eigenvalue weighted by atomic mass is 16.5. The molecule has 0 aliphatic heterocycles. The average Bonchev–Trinajstić information content (AvgIpc) is 2.89. The van der Waals surface area contributed by atoms with Gasteiger partial charge in [-0.25, -0.2) is 4.98 Å². The molecule has 2 aromatic heterocycles. The fourth-order valence-electron chi connectivity index (χ4n) is 2.25. The molecule has 0 spiro atoms. The van der Waals surface area contributed by atoms with Crippen molar-refractivity contribution < 1.29 is 9.53 Å². The van der Waals surface area contributed by atoms with Crippen molar-refractivity contribution in [3.63, 3.8) is 0 Å². The van der Waals surface area contributed by atoms with Gasteiger partial charge in [-0.1, -0.05) is 13.0 Å². The van der Waals surface area contributed by atoms with Crippen molar-refractivity contribution in [1.82, 2.24) is 14.7 Å². The molecule has 0 unspecified atom stereocenters. The third kappa shape index (κ3) is 3.42. The lowest BCUT2D eigenvalue weighted by Gasteiger charge is -2.19. The number of carbonyl (C=O) groups excluding carboxylic acids is 1. The van der Waals surface area contributed by atoms with Crippen molar-refractivity contribution in [3.8, 4) is 0 Å². The highest BCUT2D eigenvalue weighted by Crippen LogP contribution is 2.12. The van der Waals surface area contributed by atoms with Crippen LogP contribution in [0, 0.1) is 12.8 Å². The molecular weight excluding hydrogens is 266 g/mol. The first-order valence-electron chi connectivity index (χ1n) is 7.36. The first kappa shape index (κ1) is 15.5. The molecule has 0 saturated carbocycles. The van der Waals surface area contributed by atoms with Gasteiger partial charge < -0.3 is 14.5 Å². The lowest BCUT2D eigenvalue weighted by molar-refractivity contribution is -0.148. The first-order chi connectivity index (χ1) is 10.0. The molecule has 1 N–H and O–H groups in total. The number of fused-ring (bicyclic) bond motifs is 1. The summed E-state index contributed by atoms with van der Waals surface area (Å²) in [4.78, 5) is 16.2. The quantitative estimate of drug-likeness (QED) is 0.829. The van der Waals surface area contributed by atoms with Gasteiger partial charge in [-0.15, -0.1) is 0 Å². The zero-order chi connectivity index (χ0) is 15.4. The minimum Gasteiger partial charge on any atom is -0.466 e. The molecule has 0 saturated heterocycles. The van der Waals surface area contributed by atoms with E-state index in [2.05, 4.69) is 14.7 Å². The van der Waals surface area contributed by atoms with Crippen LogP contribution in [-0.2, 0) is 16.1 Å². The number of hydrogen-bond acceptors (Lipinski definition) is 4. The minimum atomic E-state index is -0.175. The Kier molecular flexibility index (Phi) is 4.96. The number of pyridine rings is 1. The summed E-state index contributed by atoms with van der Waals surface area (Å²) in [6.45, 7) is 8.83. The number of nitrogens with one attached hydrogen (secondary N) is 1. The van der Waals surface area contributed by atoms with Gasteiger partial charge in [0.05, 0.1) is 24.4 Å². The van der Waals surface area contributed by atoms with Crippen LogP contribution in [0.3, 0.4) is 0 Å². The van der Waals surface area contributed by atoms with Crippen LogP contribution >= 0.6 is 0 Å². The van der Waals surface area contributed by atoms with Crippen molar-refractivity contribution in [3.05, 3.63) is 35.8 Å². The first-order valence-corrected chi connectivity index (χ1v) is 7.36. The van der Waals surface area contributed by atoms with E-state index in [1.165, 1.54) is 0 Å². The summed E-state index contributed by atoms with van der Waals surface area (Å²) in [5.74, 6) is -0.336. The largest absolute Gasteiger partial charge is 0.466 e. The number of aromatic nitrogens is 2. The normalized spacial score (nSPS) is 14.1. The van der Waals surface area contributed by atoms with Gasteiger partial charge in [0, 0.05) is 18.8 Å². The van der Waals surface area contributed by atoms with E-state index in [0.29, 0.717) is 13.2 Å². The Morgan fingerprint density at radius 2 is 2.24 bits per heavy atom. The van der Waals surface area contributed by atoms with Crippen LogP contribution in [0.25, 0.3) is 5.65 Å². The van der Waals surface area contributed by atoms with Gasteiger partial charge >= 0.3 is 5.97 Å². The maximum absolute atomic E-state index is 11.7. The molecule has 0 aromatic carbocycles. The predicted molar refractivity (Wildman–Crippen MR) is 82.0 cm³/mol. The van der Waals surface area contributed by atoms with Crippen molar-refractivity contribution in [1.29, 1.82) is 0 Å². The summed E-state index contributed by atoms with van der Waals surface area (Å²) < 4.78 is 7.12. The number of esters is 1. The van der Waals surface area contributed by atoms with Gasteiger partial charge in [-0.05, 0) is 32.4 Å². The fourth-order valence-corrected chi connectivity index (χ4v) is 2.25. The Bertz CT molecular complexity index is 621. The topological polar surface area (TPSA) is 55.6 Å². The second kappa shape index (κ2) is 6.72. The van der Waals surface area contributed by atoms with Crippen LogP contribution in [0.15, 0.2) is 24.5 Å². The maximum Gasteiger partial charge on any atom is 0.310 e. The van der Waals surface area contributed by atoms with Crippen LogP contribution in [0.4, 0.5) is 0 Å². The third-order valence-electron chi connectivity index (χ3n) is 3.82. The van der Waals surface area contributed by atoms with E-state index in [1.54, 1.807) is 0 Å². The lowest BCUT2D eigenvalue weighted by Crippen LogP contribution is -2.36. The van der Waals surface area contributed by atoms with Gasteiger partial charge in [0.1, 0.15) is 5.65 Å². The molecule has 5 nitrogen and oxygen atoms in total. The molecule has 0 amide bonds. The van der Waals surface area contributed by atoms with Crippen molar-refractivity contribution in [2.45, 2.75) is 40.3 Å². The Hall–Kier alpha value is -1.88. The maximum atomic E-state index is 11.7. The molecule has 2 atom stereocenters. The van der Waals surface area contributed by atoms with Crippen LogP contribution in [0.1, 0.15) is 32.0 Å². The molecular formula is C16H23N3O2. The Morgan fingerprint density at radius 3 is 2.95 bits per heavy atom. The highest BCUT2D eigenvalue weighted by molar-refractivity contribution is 5.72. The summed E-state index contributed by atoms with van der Waals surface area (Å²) in [5.41, 5.74) is 3.20. The molecule has 5 heteroatoms. The number of imidazole rings is 1. The Morgan fingerprint density at radius 1 is 1.48 bits per heavy atom. The summed E-state index contributed by atoms with van der Waals surface area (Å²) >= 11 is 0. The molecule has 0 bridgehead atoms. The number of ether oxygens (including phenoxy) is 1. The minimum absolute atomic E-state index is 0.0411. The smallest absolute Gasteiger partial charge is 0.310 e. The number of hydrogen-bond donors (Lipinski definition) is 1. The van der Waals surface area contributed by atoms with Gasteiger partial charge in [-0.2, -0.15) is 0 Å². The average molecular weight is 289 g/mol. The molecule has 2 heterocycles. The van der Waals surface area contributed by atoms with Crippen molar-refractivity contribution >= 4 is 11.6 Å². The van der Waals surface area contributed by atoms with E-state index >= 15 is 0 Å².